The summed E-state index contributed by atoms with van der Waals surface area (Å²) < 4.78 is 40.3. The Balaban J connectivity index is 1.94. The fourth-order valence-electron chi connectivity index (χ4n) is 3.33. The molecule has 1 saturated carbocycles. The van der Waals surface area contributed by atoms with Gasteiger partial charge in [0.15, 0.2) is 0 Å². The Labute approximate surface area is 152 Å². The molecule has 0 radical (unpaired) electrons. The average molecular weight is 372 g/mol. The van der Waals surface area contributed by atoms with Gasteiger partial charge in [0.1, 0.15) is 11.9 Å². The molecule has 4 rings (SSSR count). The number of amides is 1. The first kappa shape index (κ1) is 17.2. The summed E-state index contributed by atoms with van der Waals surface area (Å²) in [6, 6.07) is 3.37. The van der Waals surface area contributed by atoms with E-state index in [1.165, 1.54) is 6.20 Å². The zero-order valence-electron chi connectivity index (χ0n) is 14.0. The maximum absolute atomic E-state index is 13.4. The number of aromatic amines is 1. The number of pyridine rings is 1. The van der Waals surface area contributed by atoms with Gasteiger partial charge in [0.05, 0.1) is 16.5 Å². The van der Waals surface area contributed by atoms with Crippen LogP contribution in [0.2, 0.25) is 0 Å². The first-order valence-corrected chi connectivity index (χ1v) is 8.33. The summed E-state index contributed by atoms with van der Waals surface area (Å²) in [6.07, 6.45) is 3.22. The first-order valence-electron chi connectivity index (χ1n) is 8.33. The van der Waals surface area contributed by atoms with Gasteiger partial charge in [-0.25, -0.2) is 4.98 Å². The van der Waals surface area contributed by atoms with Gasteiger partial charge in [0.2, 0.25) is 0 Å². The highest BCUT2D eigenvalue weighted by molar-refractivity contribution is 6.18. The lowest BCUT2D eigenvalue weighted by molar-refractivity contribution is -0.146. The number of hydrogen-bond acceptors (Lipinski definition) is 3. The summed E-state index contributed by atoms with van der Waals surface area (Å²) in [5.41, 5.74) is 7.03. The molecule has 5 nitrogen and oxygen atoms in total. The van der Waals surface area contributed by atoms with Crippen molar-refractivity contribution in [3.8, 4) is 12.3 Å². The monoisotopic (exact) mass is 372 g/mol. The highest BCUT2D eigenvalue weighted by Crippen LogP contribution is 2.43. The van der Waals surface area contributed by atoms with Crippen LogP contribution in [-0.2, 0) is 0 Å². The van der Waals surface area contributed by atoms with Crippen molar-refractivity contribution in [3.63, 3.8) is 0 Å². The lowest BCUT2D eigenvalue weighted by Crippen LogP contribution is -2.38. The number of alkyl halides is 3. The topological polar surface area (TPSA) is 83.8 Å². The van der Waals surface area contributed by atoms with E-state index in [0.29, 0.717) is 40.2 Å². The van der Waals surface area contributed by atoms with Crippen molar-refractivity contribution in [3.05, 3.63) is 35.5 Å². The first-order chi connectivity index (χ1) is 12.8. The number of terminal acetylenes is 1. The molecule has 1 aliphatic rings. The Hall–Kier alpha value is -3.21. The number of rotatable bonds is 4. The Bertz CT molecular complexity index is 1110. The van der Waals surface area contributed by atoms with E-state index in [1.54, 1.807) is 18.2 Å². The molecule has 8 heteroatoms. The molecule has 1 amide bonds. The van der Waals surface area contributed by atoms with Gasteiger partial charge in [-0.1, -0.05) is 12.0 Å². The highest BCUT2D eigenvalue weighted by atomic mass is 19.4. The molecule has 0 spiro atoms. The van der Waals surface area contributed by atoms with Gasteiger partial charge in [0.25, 0.3) is 5.91 Å². The van der Waals surface area contributed by atoms with Crippen LogP contribution in [0.1, 0.15) is 28.8 Å². The van der Waals surface area contributed by atoms with Gasteiger partial charge < -0.3 is 16.0 Å². The third-order valence-corrected chi connectivity index (χ3v) is 4.80. The molecule has 2 heterocycles. The molecule has 0 saturated heterocycles. The van der Waals surface area contributed by atoms with E-state index in [9.17, 15) is 18.0 Å². The van der Waals surface area contributed by atoms with Crippen LogP contribution in [0.25, 0.3) is 21.8 Å². The number of nitrogens with one attached hydrogen (secondary N) is 2. The van der Waals surface area contributed by atoms with Crippen LogP contribution in [0.15, 0.2) is 24.4 Å². The smallest absolute Gasteiger partial charge is 0.365 e. The number of carbonyl (C=O) groups is 1. The van der Waals surface area contributed by atoms with Crippen LogP contribution in [0.4, 0.5) is 19.0 Å². The second kappa shape index (κ2) is 5.91. The molecular formula is C19H15F3N4O. The molecule has 3 aromatic rings. The molecular weight excluding hydrogens is 357 g/mol. The number of benzene rings is 1. The van der Waals surface area contributed by atoms with E-state index >= 15 is 0 Å². The van der Waals surface area contributed by atoms with E-state index in [-0.39, 0.29) is 11.4 Å². The van der Waals surface area contributed by atoms with Gasteiger partial charge in [-0.2, -0.15) is 13.2 Å². The number of hydrogen-bond donors (Lipinski definition) is 3. The molecule has 1 aliphatic carbocycles. The summed E-state index contributed by atoms with van der Waals surface area (Å²) in [7, 11) is 0. The minimum Gasteiger partial charge on any atom is -0.365 e. The van der Waals surface area contributed by atoms with Crippen molar-refractivity contribution < 1.29 is 18.0 Å². The predicted molar refractivity (Wildman–Crippen MR) is 96.2 cm³/mol. The lowest BCUT2D eigenvalue weighted by Gasteiger charge is -2.22. The van der Waals surface area contributed by atoms with E-state index < -0.39 is 24.0 Å². The fraction of sp³-hybridized carbons (Fsp3) is 0.263. The van der Waals surface area contributed by atoms with Crippen molar-refractivity contribution >= 4 is 33.5 Å². The van der Waals surface area contributed by atoms with Gasteiger partial charge in [-0.15, -0.1) is 6.42 Å². The van der Waals surface area contributed by atoms with Gasteiger partial charge in [-0.3, -0.25) is 4.79 Å². The molecule has 4 N–H and O–H groups in total. The van der Waals surface area contributed by atoms with Crippen LogP contribution in [0, 0.1) is 18.3 Å². The largest absolute Gasteiger partial charge is 0.408 e. The third-order valence-electron chi connectivity index (χ3n) is 4.80. The second-order valence-corrected chi connectivity index (χ2v) is 6.67. The van der Waals surface area contributed by atoms with E-state index in [4.69, 9.17) is 12.2 Å². The number of H-pyrrole nitrogens is 1. The van der Waals surface area contributed by atoms with Crippen LogP contribution in [-0.4, -0.2) is 28.1 Å². The van der Waals surface area contributed by atoms with Crippen molar-refractivity contribution in [2.45, 2.75) is 25.1 Å². The minimum atomic E-state index is -4.40. The van der Waals surface area contributed by atoms with Crippen molar-refractivity contribution in [2.75, 3.05) is 5.32 Å². The molecule has 1 aromatic carbocycles. The molecule has 0 aliphatic heterocycles. The fourth-order valence-corrected chi connectivity index (χ4v) is 3.33. The number of nitrogens with two attached hydrogens (primary N) is 1. The van der Waals surface area contributed by atoms with Crippen LogP contribution in [0.3, 0.4) is 0 Å². The molecule has 1 fully saturated rings. The van der Waals surface area contributed by atoms with Crippen LogP contribution in [0.5, 0.6) is 0 Å². The maximum atomic E-state index is 13.4. The minimum absolute atomic E-state index is 0.0592. The van der Waals surface area contributed by atoms with E-state index in [2.05, 4.69) is 21.2 Å². The Morgan fingerprint density at radius 1 is 1.41 bits per heavy atom. The van der Waals surface area contributed by atoms with Crippen molar-refractivity contribution in [1.29, 1.82) is 0 Å². The second-order valence-electron chi connectivity index (χ2n) is 6.67. The summed E-state index contributed by atoms with van der Waals surface area (Å²) >= 11 is 0. The van der Waals surface area contributed by atoms with Crippen molar-refractivity contribution in [1.82, 2.24) is 9.97 Å². The average Bonchev–Trinajstić information content (AvgIpc) is 3.36. The number of primary amides is 1. The summed E-state index contributed by atoms with van der Waals surface area (Å²) in [4.78, 5) is 18.9. The Morgan fingerprint density at radius 2 is 2.15 bits per heavy atom. The number of carbonyl (C=O) groups excluding carboxylic acids is 1. The molecule has 27 heavy (non-hydrogen) atoms. The predicted octanol–water partition coefficient (Wildman–Crippen LogP) is 3.55. The standard InChI is InChI=1S/C19H15F3N4O/c1-2-9-3-6-11-13(7-9)25-15-12(17(23)27)8-24-18(14(11)15)26-16(10-4-5-10)19(20,21)22/h1,3,6-8,10,16,25H,4-5H2,(H2,23,27)(H,24,26)/t16-/m1/s1. The normalized spacial score (nSPS) is 15.6. The number of anilines is 1. The van der Waals surface area contributed by atoms with Gasteiger partial charge >= 0.3 is 6.18 Å². The molecule has 2 aromatic heterocycles. The number of halogens is 3. The maximum Gasteiger partial charge on any atom is 0.408 e. The Morgan fingerprint density at radius 3 is 2.74 bits per heavy atom. The van der Waals surface area contributed by atoms with Crippen LogP contribution >= 0.6 is 0 Å². The zero-order chi connectivity index (χ0) is 19.3. The number of nitrogens with zero attached hydrogens (tertiary/aromatic N) is 1. The van der Waals surface area contributed by atoms with Gasteiger partial charge in [-0.05, 0) is 30.9 Å². The molecule has 0 unspecified atom stereocenters. The summed E-state index contributed by atoms with van der Waals surface area (Å²) in [5, 5.41) is 3.55. The highest BCUT2D eigenvalue weighted by Gasteiger charge is 2.49. The third kappa shape index (κ3) is 2.95. The summed E-state index contributed by atoms with van der Waals surface area (Å²) in [6.45, 7) is 0. The van der Waals surface area contributed by atoms with Crippen LogP contribution < -0.4 is 11.1 Å². The van der Waals surface area contributed by atoms with Gasteiger partial charge in [0, 0.05) is 22.7 Å². The lowest BCUT2D eigenvalue weighted by atomic mass is 10.1. The van der Waals surface area contributed by atoms with Crippen molar-refractivity contribution in [2.24, 2.45) is 11.7 Å². The molecule has 138 valence electrons. The van der Waals surface area contributed by atoms with E-state index in [0.717, 1.165) is 0 Å². The SMILES string of the molecule is C#Cc1ccc2c(c1)[nH]c1c(C(N)=O)cnc(N[C@H](C3CC3)C(F)(F)F)c12. The van der Waals surface area contributed by atoms with E-state index in [1.807, 2.05) is 0 Å². The molecule has 1 atom stereocenters. The number of aromatic nitrogens is 2. The Kier molecular flexibility index (Phi) is 3.77. The quantitative estimate of drug-likeness (QED) is 0.613. The molecule has 0 bridgehead atoms. The summed E-state index contributed by atoms with van der Waals surface area (Å²) in [5.74, 6) is 1.36. The number of fused-ring (bicyclic) bond motifs is 3. The zero-order valence-corrected chi connectivity index (χ0v) is 14.0.